The quantitative estimate of drug-likeness (QED) is 0.326. The van der Waals surface area contributed by atoms with Crippen molar-refractivity contribution < 1.29 is 24.5 Å². The molecule has 7 atom stereocenters. The summed E-state index contributed by atoms with van der Waals surface area (Å²) in [7, 11) is 0. The third-order valence-corrected chi connectivity index (χ3v) is 11.0. The van der Waals surface area contributed by atoms with Crippen molar-refractivity contribution in [1.29, 1.82) is 0 Å². The van der Waals surface area contributed by atoms with Crippen molar-refractivity contribution in [2.75, 3.05) is 0 Å². The molecule has 0 radical (unpaired) electrons. The molecule has 0 aromatic carbocycles. The van der Waals surface area contributed by atoms with E-state index < -0.39 is 39.9 Å². The predicted octanol–water partition coefficient (Wildman–Crippen LogP) is 6.13. The number of aromatic nitrogens is 1. The summed E-state index contributed by atoms with van der Waals surface area (Å²) in [5.41, 5.74) is 0.000127. The molecule has 2 N–H and O–H groups in total. The molecule has 1 aliphatic heterocycles. The van der Waals surface area contributed by atoms with E-state index >= 15 is 0 Å². The number of carbonyl (C=O) groups excluding carboxylic acids is 2. The Bertz CT molecular complexity index is 1040. The van der Waals surface area contributed by atoms with Crippen LogP contribution in [0.3, 0.4) is 0 Å². The Labute approximate surface area is 234 Å². The molecule has 9 heteroatoms. The van der Waals surface area contributed by atoms with Crippen molar-refractivity contribution in [2.45, 2.75) is 103 Å². The number of Topliss-reactive ketones (excluding diaryl/α,β-unsaturated/α-hetero) is 1. The van der Waals surface area contributed by atoms with Crippen LogP contribution in [-0.4, -0.2) is 49.6 Å². The lowest BCUT2D eigenvalue weighted by Gasteiger charge is -2.34. The maximum absolute atomic E-state index is 13.3. The monoisotopic (exact) mass is 573 g/mol. The van der Waals surface area contributed by atoms with E-state index in [4.69, 9.17) is 27.9 Å². The summed E-state index contributed by atoms with van der Waals surface area (Å²) in [6.07, 6.45) is 1.54. The molecule has 1 aliphatic carbocycles. The van der Waals surface area contributed by atoms with Crippen molar-refractivity contribution in [1.82, 2.24) is 4.98 Å². The number of hydrogen-bond donors (Lipinski definition) is 2. The number of ketones is 1. The smallest absolute Gasteiger partial charge is 0.309 e. The highest BCUT2D eigenvalue weighted by Gasteiger charge is 2.72. The Hall–Kier alpha value is -0.990. The number of aliphatic hydroxyl groups excluding tert-OH is 2. The highest BCUT2D eigenvalue weighted by Crippen LogP contribution is 2.73. The van der Waals surface area contributed by atoms with Gasteiger partial charge in [-0.05, 0) is 50.7 Å². The molecule has 3 rings (SSSR count). The van der Waals surface area contributed by atoms with Gasteiger partial charge in [0.15, 0.2) is 0 Å². The van der Waals surface area contributed by atoms with Crippen LogP contribution in [-0.2, 0) is 14.3 Å². The second-order valence-electron chi connectivity index (χ2n) is 11.9. The lowest BCUT2D eigenvalue weighted by atomic mass is 9.73. The van der Waals surface area contributed by atoms with Crippen molar-refractivity contribution in [2.24, 2.45) is 28.6 Å². The fourth-order valence-electron chi connectivity index (χ4n) is 5.72. The fraction of sp³-hybridized carbons (Fsp3) is 0.750. The Morgan fingerprint density at radius 1 is 1.22 bits per heavy atom. The number of fused-ring (bicyclic) bond motifs is 1. The SMILES string of the molecule is C/C(=C\c1csc(C)n1)[C@@H]1C[C@@H]2C(Cl)(Cl)[C@]2(C)CCC[C@H](C)C(O)[C@@H](C)C(=O)C(C)(C)[C@@H](O)CC(=O)O1. The number of halogens is 2. The number of aliphatic hydroxyl groups is 2. The molecule has 2 heterocycles. The number of thiazole rings is 1. The number of hydrogen-bond acceptors (Lipinski definition) is 7. The Morgan fingerprint density at radius 3 is 2.46 bits per heavy atom. The summed E-state index contributed by atoms with van der Waals surface area (Å²) >= 11 is 15.1. The first-order valence-electron chi connectivity index (χ1n) is 13.1. The number of nitrogens with zero attached hydrogens (tertiary/aromatic N) is 1. The lowest BCUT2D eigenvalue weighted by Crippen LogP contribution is -2.45. The van der Waals surface area contributed by atoms with Gasteiger partial charge in [-0.15, -0.1) is 34.5 Å². The van der Waals surface area contributed by atoms with Gasteiger partial charge in [0.2, 0.25) is 0 Å². The van der Waals surface area contributed by atoms with Gasteiger partial charge in [0.25, 0.3) is 0 Å². The molecule has 6 nitrogen and oxygen atoms in total. The molecule has 208 valence electrons. The first-order valence-corrected chi connectivity index (χ1v) is 14.7. The third-order valence-electron chi connectivity index (χ3n) is 8.82. The van der Waals surface area contributed by atoms with Crippen LogP contribution in [0.15, 0.2) is 11.0 Å². The van der Waals surface area contributed by atoms with Crippen molar-refractivity contribution in [3.8, 4) is 0 Å². The number of rotatable bonds is 2. The molecular weight excluding hydrogens is 533 g/mol. The minimum Gasteiger partial charge on any atom is -0.458 e. The molecule has 37 heavy (non-hydrogen) atoms. The van der Waals surface area contributed by atoms with E-state index in [9.17, 15) is 19.8 Å². The molecule has 1 aromatic heterocycles. The second-order valence-corrected chi connectivity index (χ2v) is 14.4. The van der Waals surface area contributed by atoms with Gasteiger partial charge in [-0.3, -0.25) is 9.59 Å². The largest absolute Gasteiger partial charge is 0.458 e. The Morgan fingerprint density at radius 2 is 1.86 bits per heavy atom. The molecule has 1 saturated heterocycles. The summed E-state index contributed by atoms with van der Waals surface area (Å²) in [4.78, 5) is 30.8. The zero-order chi connectivity index (χ0) is 27.9. The van der Waals surface area contributed by atoms with Crippen LogP contribution in [0.25, 0.3) is 6.08 Å². The van der Waals surface area contributed by atoms with Gasteiger partial charge in [0.1, 0.15) is 16.2 Å². The van der Waals surface area contributed by atoms with Crippen LogP contribution < -0.4 is 0 Å². The molecule has 1 unspecified atom stereocenters. The maximum Gasteiger partial charge on any atom is 0.309 e. The summed E-state index contributed by atoms with van der Waals surface area (Å²) < 4.78 is 4.96. The summed E-state index contributed by atoms with van der Waals surface area (Å²) in [5, 5.41) is 24.7. The van der Waals surface area contributed by atoms with Crippen LogP contribution in [0.4, 0.5) is 0 Å². The first kappa shape index (κ1) is 30.6. The van der Waals surface area contributed by atoms with Gasteiger partial charge in [-0.1, -0.05) is 41.0 Å². The predicted molar refractivity (Wildman–Crippen MR) is 149 cm³/mol. The second kappa shape index (κ2) is 11.2. The van der Waals surface area contributed by atoms with Crippen LogP contribution in [0.5, 0.6) is 0 Å². The molecule has 1 saturated carbocycles. The van der Waals surface area contributed by atoms with Gasteiger partial charge in [-0.2, -0.15) is 0 Å². The fourth-order valence-corrected chi connectivity index (χ4v) is 7.29. The van der Waals surface area contributed by atoms with Gasteiger partial charge in [0, 0.05) is 22.6 Å². The zero-order valence-corrected chi connectivity index (χ0v) is 25.2. The Balaban J connectivity index is 1.93. The van der Waals surface area contributed by atoms with E-state index in [1.54, 1.807) is 32.1 Å². The molecule has 0 spiro atoms. The summed E-state index contributed by atoms with van der Waals surface area (Å²) in [5.74, 6) is -1.79. The van der Waals surface area contributed by atoms with Crippen LogP contribution in [0.2, 0.25) is 0 Å². The molecule has 0 amide bonds. The summed E-state index contributed by atoms with van der Waals surface area (Å²) in [6, 6.07) is 0. The van der Waals surface area contributed by atoms with E-state index in [-0.39, 0.29) is 29.5 Å². The van der Waals surface area contributed by atoms with E-state index in [1.165, 1.54) is 0 Å². The highest BCUT2D eigenvalue weighted by atomic mass is 35.5. The van der Waals surface area contributed by atoms with Crippen LogP contribution >= 0.6 is 34.5 Å². The molecule has 1 aromatic rings. The zero-order valence-electron chi connectivity index (χ0n) is 22.9. The minimum atomic E-state index is -1.26. The summed E-state index contributed by atoms with van der Waals surface area (Å²) in [6.45, 7) is 12.7. The average Bonchev–Trinajstić information content (AvgIpc) is 3.06. The topological polar surface area (TPSA) is 96.7 Å². The van der Waals surface area contributed by atoms with Gasteiger partial charge >= 0.3 is 5.97 Å². The standard InChI is InChI=1S/C28H41Cl2NO5S/c1-15-9-8-10-27(7)21(28(27,29)30)12-20(16(2)11-19-14-37-18(4)31-19)36-23(33)13-22(32)26(5,6)25(35)17(3)24(15)34/h11,14-15,17,20-22,24,32,34H,8-10,12-13H2,1-7H3/b16-11+/t15-,17+,20-,21-,22-,24?,27+/m0/s1. The van der Waals surface area contributed by atoms with Gasteiger partial charge < -0.3 is 14.9 Å². The van der Waals surface area contributed by atoms with Gasteiger partial charge in [0.05, 0.1) is 34.7 Å². The van der Waals surface area contributed by atoms with E-state index in [1.807, 2.05) is 32.2 Å². The number of alkyl halides is 2. The molecule has 0 bridgehead atoms. The van der Waals surface area contributed by atoms with E-state index in [0.29, 0.717) is 12.8 Å². The normalized spacial score (nSPS) is 37.5. The first-order chi connectivity index (χ1) is 17.0. The van der Waals surface area contributed by atoms with Crippen LogP contribution in [0, 0.1) is 35.5 Å². The lowest BCUT2D eigenvalue weighted by molar-refractivity contribution is -0.154. The third kappa shape index (κ3) is 6.27. The van der Waals surface area contributed by atoms with Crippen molar-refractivity contribution in [3.63, 3.8) is 0 Å². The van der Waals surface area contributed by atoms with Gasteiger partial charge in [-0.25, -0.2) is 4.98 Å². The molecule has 2 fully saturated rings. The molecular formula is C28H41Cl2NO5S. The minimum absolute atomic E-state index is 0.100. The van der Waals surface area contributed by atoms with E-state index in [0.717, 1.165) is 29.1 Å². The van der Waals surface area contributed by atoms with E-state index in [2.05, 4.69) is 11.9 Å². The van der Waals surface area contributed by atoms with Crippen molar-refractivity contribution in [3.05, 3.63) is 21.7 Å². The number of cyclic esters (lactones) is 1. The number of aryl methyl sites for hydroxylation is 1. The number of ether oxygens (including phenoxy) is 1. The highest BCUT2D eigenvalue weighted by molar-refractivity contribution is 7.09. The van der Waals surface area contributed by atoms with Crippen LogP contribution in [0.1, 0.15) is 84.3 Å². The maximum atomic E-state index is 13.3. The number of carbonyl (C=O) groups is 2. The molecule has 2 aliphatic rings. The Kier molecular flexibility index (Phi) is 9.28. The number of esters is 1. The average molecular weight is 575 g/mol. The van der Waals surface area contributed by atoms with Crippen molar-refractivity contribution >= 4 is 52.4 Å².